The molecular formula is C13H18N2O. The van der Waals surface area contributed by atoms with E-state index in [0.717, 1.165) is 24.9 Å². The number of benzene rings is 1. The predicted molar refractivity (Wildman–Crippen MR) is 64.4 cm³/mol. The van der Waals surface area contributed by atoms with Crippen LogP contribution in [-0.4, -0.2) is 24.5 Å². The molecular weight excluding hydrogens is 200 g/mol. The molecule has 1 aliphatic heterocycles. The van der Waals surface area contributed by atoms with E-state index in [0.29, 0.717) is 6.04 Å². The first-order valence-electron chi connectivity index (χ1n) is 5.85. The zero-order chi connectivity index (χ0) is 11.4. The summed E-state index contributed by atoms with van der Waals surface area (Å²) in [5, 5.41) is 6.43. The number of carbonyl (C=O) groups is 1. The Labute approximate surface area is 96.2 Å². The van der Waals surface area contributed by atoms with Gasteiger partial charge in [0.25, 0.3) is 5.91 Å². The zero-order valence-electron chi connectivity index (χ0n) is 9.57. The van der Waals surface area contributed by atoms with E-state index in [4.69, 9.17) is 0 Å². The summed E-state index contributed by atoms with van der Waals surface area (Å²) in [7, 11) is 0. The monoisotopic (exact) mass is 218 g/mol. The molecule has 86 valence electrons. The SMILES string of the molecule is CC1CCC(NC(=O)c2ccccc2)CN1. The topological polar surface area (TPSA) is 41.1 Å². The Morgan fingerprint density at radius 1 is 1.31 bits per heavy atom. The molecule has 1 saturated heterocycles. The van der Waals surface area contributed by atoms with Crippen LogP contribution in [-0.2, 0) is 0 Å². The fourth-order valence-electron chi connectivity index (χ4n) is 1.98. The molecule has 1 amide bonds. The number of rotatable bonds is 2. The highest BCUT2D eigenvalue weighted by atomic mass is 16.1. The van der Waals surface area contributed by atoms with Gasteiger partial charge in [-0.15, -0.1) is 0 Å². The third kappa shape index (κ3) is 2.83. The lowest BCUT2D eigenvalue weighted by atomic mass is 10.0. The van der Waals surface area contributed by atoms with Crippen LogP contribution >= 0.6 is 0 Å². The quantitative estimate of drug-likeness (QED) is 0.791. The summed E-state index contributed by atoms with van der Waals surface area (Å²) in [5.41, 5.74) is 0.737. The molecule has 1 aromatic rings. The lowest BCUT2D eigenvalue weighted by Gasteiger charge is -2.28. The second-order valence-electron chi connectivity index (χ2n) is 4.42. The van der Waals surface area contributed by atoms with Gasteiger partial charge in [-0.2, -0.15) is 0 Å². The zero-order valence-corrected chi connectivity index (χ0v) is 9.57. The Morgan fingerprint density at radius 2 is 2.06 bits per heavy atom. The minimum absolute atomic E-state index is 0.0296. The molecule has 3 nitrogen and oxygen atoms in total. The average molecular weight is 218 g/mol. The van der Waals surface area contributed by atoms with Crippen molar-refractivity contribution in [3.05, 3.63) is 35.9 Å². The molecule has 1 heterocycles. The highest BCUT2D eigenvalue weighted by Gasteiger charge is 2.19. The maximum Gasteiger partial charge on any atom is 0.251 e. The number of carbonyl (C=O) groups excluding carboxylic acids is 1. The second kappa shape index (κ2) is 5.12. The maximum atomic E-state index is 11.9. The molecule has 2 atom stereocenters. The van der Waals surface area contributed by atoms with E-state index < -0.39 is 0 Å². The summed E-state index contributed by atoms with van der Waals surface area (Å²) >= 11 is 0. The second-order valence-corrected chi connectivity index (χ2v) is 4.42. The number of amides is 1. The van der Waals surface area contributed by atoms with E-state index in [9.17, 15) is 4.79 Å². The van der Waals surface area contributed by atoms with Crippen molar-refractivity contribution >= 4 is 5.91 Å². The average Bonchev–Trinajstić information content (AvgIpc) is 2.33. The Hall–Kier alpha value is -1.35. The Morgan fingerprint density at radius 3 is 2.69 bits per heavy atom. The van der Waals surface area contributed by atoms with Crippen molar-refractivity contribution < 1.29 is 4.79 Å². The molecule has 0 aliphatic carbocycles. The largest absolute Gasteiger partial charge is 0.348 e. The van der Waals surface area contributed by atoms with E-state index in [1.807, 2.05) is 30.3 Å². The van der Waals surface area contributed by atoms with E-state index >= 15 is 0 Å². The molecule has 2 N–H and O–H groups in total. The van der Waals surface area contributed by atoms with Crippen LogP contribution in [0.25, 0.3) is 0 Å². The van der Waals surface area contributed by atoms with Crippen molar-refractivity contribution in [3.63, 3.8) is 0 Å². The maximum absolute atomic E-state index is 11.9. The van der Waals surface area contributed by atoms with E-state index in [1.54, 1.807) is 0 Å². The number of hydrogen-bond donors (Lipinski definition) is 2. The lowest BCUT2D eigenvalue weighted by molar-refractivity contribution is 0.0927. The Balaban J connectivity index is 1.88. The number of piperidine rings is 1. The van der Waals surface area contributed by atoms with Crippen molar-refractivity contribution in [2.45, 2.75) is 31.8 Å². The molecule has 0 bridgehead atoms. The van der Waals surface area contributed by atoms with Crippen molar-refractivity contribution in [3.8, 4) is 0 Å². The minimum atomic E-state index is 0.0296. The van der Waals surface area contributed by atoms with Gasteiger partial charge in [-0.3, -0.25) is 4.79 Å². The molecule has 16 heavy (non-hydrogen) atoms. The molecule has 0 saturated carbocycles. The van der Waals surface area contributed by atoms with Crippen LogP contribution in [0.2, 0.25) is 0 Å². The lowest BCUT2D eigenvalue weighted by Crippen LogP contribution is -2.48. The van der Waals surface area contributed by atoms with Crippen LogP contribution in [0.4, 0.5) is 0 Å². The summed E-state index contributed by atoms with van der Waals surface area (Å²) in [5.74, 6) is 0.0296. The van der Waals surface area contributed by atoms with Gasteiger partial charge in [0.2, 0.25) is 0 Å². The van der Waals surface area contributed by atoms with Crippen molar-refractivity contribution in [1.82, 2.24) is 10.6 Å². The summed E-state index contributed by atoms with van der Waals surface area (Å²) in [4.78, 5) is 11.9. The van der Waals surface area contributed by atoms with Gasteiger partial charge >= 0.3 is 0 Å². The van der Waals surface area contributed by atoms with E-state index in [2.05, 4.69) is 17.6 Å². The van der Waals surface area contributed by atoms with Gasteiger partial charge in [0, 0.05) is 24.2 Å². The van der Waals surface area contributed by atoms with Crippen LogP contribution < -0.4 is 10.6 Å². The standard InChI is InChI=1S/C13H18N2O/c1-10-7-8-12(9-14-10)15-13(16)11-5-3-2-4-6-11/h2-6,10,12,14H,7-9H2,1H3,(H,15,16). The molecule has 0 aromatic heterocycles. The van der Waals surface area contributed by atoms with Gasteiger partial charge in [0.1, 0.15) is 0 Å². The third-order valence-electron chi connectivity index (χ3n) is 3.03. The molecule has 0 spiro atoms. The van der Waals surface area contributed by atoms with Gasteiger partial charge in [-0.25, -0.2) is 0 Å². The first kappa shape index (κ1) is 11.1. The number of hydrogen-bond acceptors (Lipinski definition) is 2. The molecule has 2 rings (SSSR count). The summed E-state index contributed by atoms with van der Waals surface area (Å²) < 4.78 is 0. The fourth-order valence-corrected chi connectivity index (χ4v) is 1.98. The van der Waals surface area contributed by atoms with E-state index in [-0.39, 0.29) is 11.9 Å². The van der Waals surface area contributed by atoms with Crippen molar-refractivity contribution in [2.24, 2.45) is 0 Å². The van der Waals surface area contributed by atoms with Crippen LogP contribution in [0.3, 0.4) is 0 Å². The molecule has 0 radical (unpaired) electrons. The smallest absolute Gasteiger partial charge is 0.251 e. The van der Waals surface area contributed by atoms with E-state index in [1.165, 1.54) is 0 Å². The van der Waals surface area contributed by atoms with Gasteiger partial charge < -0.3 is 10.6 Å². The van der Waals surface area contributed by atoms with Crippen LogP contribution in [0.15, 0.2) is 30.3 Å². The summed E-state index contributed by atoms with van der Waals surface area (Å²) in [6.07, 6.45) is 2.19. The normalized spacial score (nSPS) is 25.1. The summed E-state index contributed by atoms with van der Waals surface area (Å²) in [6.45, 7) is 3.05. The third-order valence-corrected chi connectivity index (χ3v) is 3.03. The first-order valence-corrected chi connectivity index (χ1v) is 5.85. The van der Waals surface area contributed by atoms with Crippen LogP contribution in [0, 0.1) is 0 Å². The van der Waals surface area contributed by atoms with Crippen LogP contribution in [0.5, 0.6) is 0 Å². The highest BCUT2D eigenvalue weighted by Crippen LogP contribution is 2.08. The molecule has 1 fully saturated rings. The predicted octanol–water partition coefficient (Wildman–Crippen LogP) is 1.56. The van der Waals surface area contributed by atoms with Crippen molar-refractivity contribution in [1.29, 1.82) is 0 Å². The Bertz CT molecular complexity index is 342. The summed E-state index contributed by atoms with van der Waals surface area (Å²) in [6, 6.07) is 10.2. The van der Waals surface area contributed by atoms with Gasteiger partial charge in [-0.05, 0) is 31.9 Å². The minimum Gasteiger partial charge on any atom is -0.348 e. The van der Waals surface area contributed by atoms with Gasteiger partial charge in [0.15, 0.2) is 0 Å². The van der Waals surface area contributed by atoms with Gasteiger partial charge in [-0.1, -0.05) is 18.2 Å². The molecule has 2 unspecified atom stereocenters. The molecule has 3 heteroatoms. The van der Waals surface area contributed by atoms with Gasteiger partial charge in [0.05, 0.1) is 0 Å². The first-order chi connectivity index (χ1) is 7.75. The molecule has 1 aromatic carbocycles. The molecule has 1 aliphatic rings. The van der Waals surface area contributed by atoms with Crippen LogP contribution in [0.1, 0.15) is 30.1 Å². The Kier molecular flexibility index (Phi) is 3.57. The van der Waals surface area contributed by atoms with Crippen molar-refractivity contribution in [2.75, 3.05) is 6.54 Å². The fraction of sp³-hybridized carbons (Fsp3) is 0.462. The highest BCUT2D eigenvalue weighted by molar-refractivity contribution is 5.94. The number of nitrogens with one attached hydrogen (secondary N) is 2.